The van der Waals surface area contributed by atoms with Crippen molar-refractivity contribution in [3.63, 3.8) is 0 Å². The smallest absolute Gasteiger partial charge is 0.128 e. The van der Waals surface area contributed by atoms with Crippen LogP contribution in [0.4, 0.5) is 4.39 Å². The molecule has 0 bridgehead atoms. The highest BCUT2D eigenvalue weighted by atomic mass is 79.9. The highest BCUT2D eigenvalue weighted by Crippen LogP contribution is 2.45. The first-order valence-corrected chi connectivity index (χ1v) is 7.03. The van der Waals surface area contributed by atoms with Crippen molar-refractivity contribution in [2.75, 3.05) is 0 Å². The van der Waals surface area contributed by atoms with E-state index in [2.05, 4.69) is 22.9 Å². The summed E-state index contributed by atoms with van der Waals surface area (Å²) in [5.74, 6) is -0.188. The molecule has 1 aliphatic rings. The molecule has 1 atom stereocenters. The van der Waals surface area contributed by atoms with Gasteiger partial charge in [0.1, 0.15) is 5.82 Å². The SMILES string of the molecule is CC1(C(N)c2cc(Br)ccc2F)CCCCC1. The predicted octanol–water partition coefficient (Wildman–Crippen LogP) is 4.56. The molecule has 0 aliphatic heterocycles. The summed E-state index contributed by atoms with van der Waals surface area (Å²) >= 11 is 3.38. The molecule has 1 aliphatic carbocycles. The zero-order chi connectivity index (χ0) is 12.5. The molecule has 17 heavy (non-hydrogen) atoms. The summed E-state index contributed by atoms with van der Waals surface area (Å²) in [5.41, 5.74) is 7.00. The van der Waals surface area contributed by atoms with Crippen LogP contribution < -0.4 is 5.73 Å². The molecule has 1 nitrogen and oxygen atoms in total. The molecule has 0 radical (unpaired) electrons. The van der Waals surface area contributed by atoms with Crippen LogP contribution in [0.3, 0.4) is 0 Å². The van der Waals surface area contributed by atoms with Crippen LogP contribution in [0.1, 0.15) is 50.6 Å². The number of rotatable bonds is 2. The lowest BCUT2D eigenvalue weighted by molar-refractivity contribution is 0.167. The predicted molar refractivity (Wildman–Crippen MR) is 72.2 cm³/mol. The largest absolute Gasteiger partial charge is 0.323 e. The Hall–Kier alpha value is -0.410. The maximum absolute atomic E-state index is 13.8. The normalized spacial score (nSPS) is 21.2. The van der Waals surface area contributed by atoms with E-state index < -0.39 is 0 Å². The number of hydrogen-bond donors (Lipinski definition) is 1. The van der Waals surface area contributed by atoms with Gasteiger partial charge in [-0.1, -0.05) is 42.1 Å². The van der Waals surface area contributed by atoms with Gasteiger partial charge in [0.25, 0.3) is 0 Å². The van der Waals surface area contributed by atoms with Crippen molar-refractivity contribution in [3.8, 4) is 0 Å². The lowest BCUT2D eigenvalue weighted by Gasteiger charge is -2.39. The Morgan fingerprint density at radius 1 is 1.29 bits per heavy atom. The third-order valence-electron chi connectivity index (χ3n) is 4.04. The molecule has 0 spiro atoms. The van der Waals surface area contributed by atoms with Crippen LogP contribution >= 0.6 is 15.9 Å². The van der Waals surface area contributed by atoms with Crippen molar-refractivity contribution >= 4 is 15.9 Å². The van der Waals surface area contributed by atoms with Crippen LogP contribution in [-0.2, 0) is 0 Å². The average molecular weight is 300 g/mol. The molecular weight excluding hydrogens is 281 g/mol. The standard InChI is InChI=1S/C14H19BrFN/c1-14(7-3-2-4-8-14)13(17)11-9-10(15)5-6-12(11)16/h5-6,9,13H,2-4,7-8,17H2,1H3. The molecule has 1 aromatic carbocycles. The minimum absolute atomic E-state index is 0.0416. The molecule has 2 N–H and O–H groups in total. The van der Waals surface area contributed by atoms with Crippen LogP contribution in [0.25, 0.3) is 0 Å². The van der Waals surface area contributed by atoms with E-state index in [9.17, 15) is 4.39 Å². The third-order valence-corrected chi connectivity index (χ3v) is 4.53. The first-order valence-electron chi connectivity index (χ1n) is 6.23. The molecule has 1 saturated carbocycles. The van der Waals surface area contributed by atoms with Gasteiger partial charge in [-0.25, -0.2) is 4.39 Å². The van der Waals surface area contributed by atoms with Gasteiger partial charge in [-0.3, -0.25) is 0 Å². The van der Waals surface area contributed by atoms with Crippen molar-refractivity contribution in [1.29, 1.82) is 0 Å². The van der Waals surface area contributed by atoms with Crippen molar-refractivity contribution in [2.45, 2.75) is 45.1 Å². The van der Waals surface area contributed by atoms with E-state index >= 15 is 0 Å². The third kappa shape index (κ3) is 2.71. The number of halogens is 2. The number of nitrogens with two attached hydrogens (primary N) is 1. The van der Waals surface area contributed by atoms with E-state index in [1.807, 2.05) is 6.07 Å². The summed E-state index contributed by atoms with van der Waals surface area (Å²) in [4.78, 5) is 0. The Balaban J connectivity index is 2.29. The second kappa shape index (κ2) is 5.07. The first kappa shape index (κ1) is 13.0. The summed E-state index contributed by atoms with van der Waals surface area (Å²) in [6, 6.07) is 4.82. The van der Waals surface area contributed by atoms with Crippen LogP contribution in [-0.4, -0.2) is 0 Å². The Labute approximate surface area is 111 Å². The van der Waals surface area contributed by atoms with Crippen LogP contribution in [0.15, 0.2) is 22.7 Å². The molecule has 1 fully saturated rings. The van der Waals surface area contributed by atoms with E-state index in [0.717, 1.165) is 17.3 Å². The maximum atomic E-state index is 13.8. The Morgan fingerprint density at radius 2 is 1.94 bits per heavy atom. The van der Waals surface area contributed by atoms with Gasteiger partial charge in [-0.2, -0.15) is 0 Å². The van der Waals surface area contributed by atoms with Gasteiger partial charge in [-0.05, 0) is 36.5 Å². The molecule has 1 unspecified atom stereocenters. The topological polar surface area (TPSA) is 26.0 Å². The summed E-state index contributed by atoms with van der Waals surface area (Å²) in [6.45, 7) is 2.19. The van der Waals surface area contributed by atoms with Gasteiger partial charge in [0.2, 0.25) is 0 Å². The molecule has 0 heterocycles. The van der Waals surface area contributed by atoms with E-state index in [1.54, 1.807) is 6.07 Å². The Morgan fingerprint density at radius 3 is 2.59 bits per heavy atom. The summed E-state index contributed by atoms with van der Waals surface area (Å²) in [7, 11) is 0. The fourth-order valence-corrected chi connectivity index (χ4v) is 3.18. The average Bonchev–Trinajstić information content (AvgIpc) is 2.32. The molecule has 0 saturated heterocycles. The van der Waals surface area contributed by atoms with Crippen molar-refractivity contribution < 1.29 is 4.39 Å². The minimum atomic E-state index is -0.208. The Bertz CT molecular complexity index is 399. The highest BCUT2D eigenvalue weighted by Gasteiger charge is 2.35. The molecule has 0 aromatic heterocycles. The van der Waals surface area contributed by atoms with Crippen LogP contribution in [0.5, 0.6) is 0 Å². The second-order valence-corrected chi connectivity index (χ2v) is 6.27. The fourth-order valence-electron chi connectivity index (χ4n) is 2.80. The lowest BCUT2D eigenvalue weighted by atomic mass is 9.69. The van der Waals surface area contributed by atoms with Gasteiger partial charge >= 0.3 is 0 Å². The summed E-state index contributed by atoms with van der Waals surface area (Å²) in [5, 5.41) is 0. The monoisotopic (exact) mass is 299 g/mol. The van der Waals surface area contributed by atoms with E-state index in [0.29, 0.717) is 5.56 Å². The molecule has 3 heteroatoms. The number of benzene rings is 1. The zero-order valence-electron chi connectivity index (χ0n) is 10.2. The van der Waals surface area contributed by atoms with Gasteiger partial charge < -0.3 is 5.73 Å². The van der Waals surface area contributed by atoms with Gasteiger partial charge in [0.15, 0.2) is 0 Å². The molecule has 2 rings (SSSR count). The van der Waals surface area contributed by atoms with E-state index in [4.69, 9.17) is 5.73 Å². The quantitative estimate of drug-likeness (QED) is 0.851. The maximum Gasteiger partial charge on any atom is 0.128 e. The van der Waals surface area contributed by atoms with E-state index in [1.165, 1.54) is 25.3 Å². The van der Waals surface area contributed by atoms with Crippen molar-refractivity contribution in [1.82, 2.24) is 0 Å². The van der Waals surface area contributed by atoms with Crippen LogP contribution in [0.2, 0.25) is 0 Å². The molecule has 94 valence electrons. The Kier molecular flexibility index (Phi) is 3.88. The van der Waals surface area contributed by atoms with E-state index in [-0.39, 0.29) is 17.3 Å². The second-order valence-electron chi connectivity index (χ2n) is 5.36. The number of hydrogen-bond acceptors (Lipinski definition) is 1. The van der Waals surface area contributed by atoms with Crippen LogP contribution in [0, 0.1) is 11.2 Å². The van der Waals surface area contributed by atoms with Crippen molar-refractivity contribution in [2.24, 2.45) is 11.1 Å². The molecular formula is C14H19BrFN. The minimum Gasteiger partial charge on any atom is -0.323 e. The molecule has 0 amide bonds. The lowest BCUT2D eigenvalue weighted by Crippen LogP contribution is -2.34. The van der Waals surface area contributed by atoms with Crippen molar-refractivity contribution in [3.05, 3.63) is 34.1 Å². The summed E-state index contributed by atoms with van der Waals surface area (Å²) < 4.78 is 14.7. The highest BCUT2D eigenvalue weighted by molar-refractivity contribution is 9.10. The van der Waals surface area contributed by atoms with Gasteiger partial charge in [0, 0.05) is 16.1 Å². The first-order chi connectivity index (χ1) is 8.03. The molecule has 1 aromatic rings. The van der Waals surface area contributed by atoms with Gasteiger partial charge in [0.05, 0.1) is 0 Å². The summed E-state index contributed by atoms with van der Waals surface area (Å²) in [6.07, 6.45) is 5.89. The fraction of sp³-hybridized carbons (Fsp3) is 0.571. The van der Waals surface area contributed by atoms with Gasteiger partial charge in [-0.15, -0.1) is 0 Å². The zero-order valence-corrected chi connectivity index (χ0v) is 11.8.